The van der Waals surface area contributed by atoms with Crippen LogP contribution in [-0.4, -0.2) is 26.9 Å². The molecule has 0 aromatic carbocycles. The topological polar surface area (TPSA) is 20.3 Å². The number of thioether (sulfide) groups is 1. The van der Waals surface area contributed by atoms with Crippen molar-refractivity contribution in [2.24, 2.45) is 5.92 Å². The number of hydrogen-bond acceptors (Lipinski definition) is 3. The van der Waals surface area contributed by atoms with Crippen LogP contribution >= 0.6 is 24.0 Å². The first-order valence-corrected chi connectivity index (χ1v) is 4.51. The number of thiocarbonyl (C=S) groups is 1. The van der Waals surface area contributed by atoms with Gasteiger partial charge in [-0.2, -0.15) is 0 Å². The molecule has 2 bridgehead atoms. The summed E-state index contributed by atoms with van der Waals surface area (Å²) in [6, 6.07) is 0. The maximum atomic E-state index is 11.2. The van der Waals surface area contributed by atoms with Gasteiger partial charge in [-0.1, -0.05) is 30.9 Å². The van der Waals surface area contributed by atoms with Crippen LogP contribution in [0.1, 0.15) is 6.92 Å². The molecule has 10 heavy (non-hydrogen) atoms. The highest BCUT2D eigenvalue weighted by molar-refractivity contribution is 8.24. The van der Waals surface area contributed by atoms with Crippen molar-refractivity contribution in [1.82, 2.24) is 4.90 Å². The molecule has 0 aromatic rings. The van der Waals surface area contributed by atoms with Gasteiger partial charge in [-0.25, -0.2) is 0 Å². The molecule has 4 heteroatoms. The second-order valence-corrected chi connectivity index (χ2v) is 4.51. The highest BCUT2D eigenvalue weighted by atomic mass is 32.2. The highest BCUT2D eigenvalue weighted by Gasteiger charge is 2.47. The van der Waals surface area contributed by atoms with E-state index in [1.807, 2.05) is 0 Å². The van der Waals surface area contributed by atoms with Crippen molar-refractivity contribution < 1.29 is 4.79 Å². The van der Waals surface area contributed by atoms with Crippen molar-refractivity contribution in [2.75, 3.05) is 6.54 Å². The smallest absolute Gasteiger partial charge is 0.241 e. The van der Waals surface area contributed by atoms with Crippen LogP contribution in [-0.2, 0) is 4.79 Å². The fourth-order valence-corrected chi connectivity index (χ4v) is 2.90. The number of amides is 1. The standard InChI is InChI=1S/C6H7NOS2/c1-3-2-7-5(8)4(3)10-6(7)9/h3-4H,2H2,1H3. The van der Waals surface area contributed by atoms with E-state index < -0.39 is 0 Å². The second kappa shape index (κ2) is 1.95. The molecule has 2 aliphatic rings. The number of rotatable bonds is 0. The summed E-state index contributed by atoms with van der Waals surface area (Å²) in [6.07, 6.45) is 0. The molecule has 2 atom stereocenters. The molecule has 0 saturated carbocycles. The Labute approximate surface area is 69.0 Å². The van der Waals surface area contributed by atoms with Crippen LogP contribution in [0.3, 0.4) is 0 Å². The normalized spacial score (nSPS) is 37.9. The Morgan fingerprint density at radius 2 is 2.50 bits per heavy atom. The lowest BCUT2D eigenvalue weighted by molar-refractivity contribution is -0.123. The minimum Gasteiger partial charge on any atom is -0.296 e. The average Bonchev–Trinajstić information content (AvgIpc) is 2.26. The van der Waals surface area contributed by atoms with E-state index in [1.165, 1.54) is 11.8 Å². The van der Waals surface area contributed by atoms with Crippen molar-refractivity contribution >= 4 is 34.2 Å². The Morgan fingerprint density at radius 3 is 2.80 bits per heavy atom. The van der Waals surface area contributed by atoms with E-state index >= 15 is 0 Å². The molecular formula is C6H7NOS2. The summed E-state index contributed by atoms with van der Waals surface area (Å²) in [7, 11) is 0. The van der Waals surface area contributed by atoms with E-state index in [9.17, 15) is 4.79 Å². The van der Waals surface area contributed by atoms with Gasteiger partial charge in [0.15, 0.2) is 0 Å². The summed E-state index contributed by atoms with van der Waals surface area (Å²) >= 11 is 6.51. The third kappa shape index (κ3) is 0.661. The molecule has 54 valence electrons. The molecule has 2 aliphatic heterocycles. The third-order valence-corrected chi connectivity index (χ3v) is 3.80. The van der Waals surface area contributed by atoms with Gasteiger partial charge in [0, 0.05) is 6.54 Å². The van der Waals surface area contributed by atoms with Crippen LogP contribution in [0.15, 0.2) is 0 Å². The minimum atomic E-state index is 0.146. The summed E-state index contributed by atoms with van der Waals surface area (Å²) in [6.45, 7) is 2.94. The molecule has 2 rings (SSSR count). The molecule has 2 fully saturated rings. The summed E-state index contributed by atoms with van der Waals surface area (Å²) < 4.78 is 0.771. The zero-order valence-corrected chi connectivity index (χ0v) is 7.17. The van der Waals surface area contributed by atoms with E-state index in [1.54, 1.807) is 4.90 Å². The maximum absolute atomic E-state index is 11.2. The van der Waals surface area contributed by atoms with E-state index in [0.717, 1.165) is 10.9 Å². The van der Waals surface area contributed by atoms with Gasteiger partial charge in [0.1, 0.15) is 4.32 Å². The minimum absolute atomic E-state index is 0.146. The van der Waals surface area contributed by atoms with Crippen molar-refractivity contribution in [3.8, 4) is 0 Å². The van der Waals surface area contributed by atoms with Gasteiger partial charge in [0.25, 0.3) is 0 Å². The number of nitrogens with zero attached hydrogens (tertiary/aromatic N) is 1. The number of fused-ring (bicyclic) bond motifs is 2. The van der Waals surface area contributed by atoms with Gasteiger partial charge in [-0.3, -0.25) is 9.69 Å². The maximum Gasteiger partial charge on any atom is 0.241 e. The molecule has 0 radical (unpaired) electrons. The Morgan fingerprint density at radius 1 is 1.80 bits per heavy atom. The van der Waals surface area contributed by atoms with Crippen molar-refractivity contribution in [2.45, 2.75) is 12.2 Å². The van der Waals surface area contributed by atoms with Gasteiger partial charge in [-0.05, 0) is 5.92 Å². The lowest BCUT2D eigenvalue weighted by atomic mass is 10.1. The van der Waals surface area contributed by atoms with Crippen LogP contribution < -0.4 is 0 Å². The first-order valence-electron chi connectivity index (χ1n) is 3.22. The van der Waals surface area contributed by atoms with Crippen LogP contribution in [0.2, 0.25) is 0 Å². The number of carbonyl (C=O) groups excluding carboxylic acids is 1. The molecular weight excluding hydrogens is 166 g/mol. The molecule has 0 N–H and O–H groups in total. The summed E-state index contributed by atoms with van der Waals surface area (Å²) in [5, 5.41) is 0.146. The van der Waals surface area contributed by atoms with Gasteiger partial charge >= 0.3 is 0 Å². The monoisotopic (exact) mass is 173 g/mol. The predicted molar refractivity (Wildman–Crippen MR) is 44.9 cm³/mol. The summed E-state index contributed by atoms with van der Waals surface area (Å²) in [5.41, 5.74) is 0. The van der Waals surface area contributed by atoms with E-state index in [4.69, 9.17) is 12.2 Å². The number of carbonyl (C=O) groups is 1. The Balaban J connectivity index is 2.33. The van der Waals surface area contributed by atoms with Crippen LogP contribution in [0.4, 0.5) is 0 Å². The Bertz CT molecular complexity index is 216. The average molecular weight is 173 g/mol. The van der Waals surface area contributed by atoms with Gasteiger partial charge in [0.2, 0.25) is 5.91 Å². The summed E-state index contributed by atoms with van der Waals surface area (Å²) in [5.74, 6) is 0.715. The number of hydrogen-bond donors (Lipinski definition) is 0. The third-order valence-electron chi connectivity index (χ3n) is 1.94. The van der Waals surface area contributed by atoms with Gasteiger partial charge < -0.3 is 0 Å². The Hall–Kier alpha value is -0.0900. The second-order valence-electron chi connectivity index (χ2n) is 2.73. The van der Waals surface area contributed by atoms with Crippen molar-refractivity contribution in [3.63, 3.8) is 0 Å². The molecule has 2 saturated heterocycles. The molecule has 2 nitrogen and oxygen atoms in total. The quantitative estimate of drug-likeness (QED) is 0.507. The first-order chi connectivity index (χ1) is 4.70. The summed E-state index contributed by atoms with van der Waals surface area (Å²) in [4.78, 5) is 12.9. The molecule has 0 aromatic heterocycles. The molecule has 1 amide bonds. The van der Waals surface area contributed by atoms with Crippen molar-refractivity contribution in [1.29, 1.82) is 0 Å². The lowest BCUT2D eigenvalue weighted by Crippen LogP contribution is -2.25. The molecule has 2 heterocycles. The van der Waals surface area contributed by atoms with Gasteiger partial charge in [-0.15, -0.1) is 0 Å². The van der Waals surface area contributed by atoms with E-state index in [-0.39, 0.29) is 11.2 Å². The highest BCUT2D eigenvalue weighted by Crippen LogP contribution is 2.38. The van der Waals surface area contributed by atoms with Crippen molar-refractivity contribution in [3.05, 3.63) is 0 Å². The Kier molecular flexibility index (Phi) is 1.29. The largest absolute Gasteiger partial charge is 0.296 e. The van der Waals surface area contributed by atoms with Crippen LogP contribution in [0.5, 0.6) is 0 Å². The van der Waals surface area contributed by atoms with Crippen LogP contribution in [0, 0.1) is 5.92 Å². The SMILES string of the molecule is CC1CN2C(=O)C1SC2=S. The van der Waals surface area contributed by atoms with Gasteiger partial charge in [0.05, 0.1) is 5.25 Å². The van der Waals surface area contributed by atoms with E-state index in [2.05, 4.69) is 6.92 Å². The zero-order chi connectivity index (χ0) is 7.30. The predicted octanol–water partition coefficient (Wildman–Crippen LogP) is 0.865. The zero-order valence-electron chi connectivity index (χ0n) is 5.53. The van der Waals surface area contributed by atoms with Crippen LogP contribution in [0.25, 0.3) is 0 Å². The fraction of sp³-hybridized carbons (Fsp3) is 0.667. The first kappa shape index (κ1) is 6.61. The molecule has 0 spiro atoms. The molecule has 2 unspecified atom stereocenters. The fourth-order valence-electron chi connectivity index (χ4n) is 1.37. The lowest BCUT2D eigenvalue weighted by Gasteiger charge is -2.16. The van der Waals surface area contributed by atoms with E-state index in [0.29, 0.717) is 5.92 Å². The molecule has 0 aliphatic carbocycles.